The van der Waals surface area contributed by atoms with E-state index in [1.807, 2.05) is 19.1 Å². The van der Waals surface area contributed by atoms with Gasteiger partial charge in [0.25, 0.3) is 0 Å². The molecule has 0 aliphatic carbocycles. The third-order valence-electron chi connectivity index (χ3n) is 3.61. The molecule has 3 nitrogen and oxygen atoms in total. The molecule has 0 bridgehead atoms. The summed E-state index contributed by atoms with van der Waals surface area (Å²) in [4.78, 5) is 12.0. The van der Waals surface area contributed by atoms with Crippen molar-refractivity contribution in [2.24, 2.45) is 5.92 Å². The number of esters is 1. The average Bonchev–Trinajstić information content (AvgIpc) is 2.37. The highest BCUT2D eigenvalue weighted by Gasteiger charge is 2.26. The Hall–Kier alpha value is -1.35. The molecule has 2 atom stereocenters. The Labute approximate surface area is 109 Å². The van der Waals surface area contributed by atoms with E-state index in [1.165, 1.54) is 11.1 Å². The molecule has 0 aromatic heterocycles. The lowest BCUT2D eigenvalue weighted by Crippen LogP contribution is -2.44. The molecule has 1 aliphatic heterocycles. The van der Waals surface area contributed by atoms with Crippen molar-refractivity contribution in [3.63, 3.8) is 0 Å². The van der Waals surface area contributed by atoms with E-state index in [0.29, 0.717) is 5.92 Å². The second kappa shape index (κ2) is 5.53. The number of hydrogen-bond acceptors (Lipinski definition) is 3. The van der Waals surface area contributed by atoms with Crippen LogP contribution < -0.4 is 5.32 Å². The number of fused-ring (bicyclic) bond motifs is 1. The molecule has 98 valence electrons. The first kappa shape index (κ1) is 13.1. The Bertz CT molecular complexity index is 428. The van der Waals surface area contributed by atoms with Crippen molar-refractivity contribution in [3.8, 4) is 0 Å². The van der Waals surface area contributed by atoms with Gasteiger partial charge >= 0.3 is 5.97 Å². The van der Waals surface area contributed by atoms with Crippen molar-refractivity contribution in [2.75, 3.05) is 0 Å². The summed E-state index contributed by atoms with van der Waals surface area (Å²) in [5, 5.41) is 3.24. The van der Waals surface area contributed by atoms with Crippen LogP contribution >= 0.6 is 0 Å². The zero-order valence-electron chi connectivity index (χ0n) is 11.3. The third-order valence-corrected chi connectivity index (χ3v) is 3.61. The molecule has 1 aromatic rings. The minimum atomic E-state index is -0.207. The van der Waals surface area contributed by atoms with E-state index in [2.05, 4.69) is 31.3 Å². The van der Waals surface area contributed by atoms with Gasteiger partial charge in [-0.25, -0.2) is 0 Å². The highest BCUT2D eigenvalue weighted by Crippen LogP contribution is 2.17. The van der Waals surface area contributed by atoms with E-state index < -0.39 is 0 Å². The molecular weight excluding hydrogens is 226 g/mol. The fourth-order valence-electron chi connectivity index (χ4n) is 2.02. The van der Waals surface area contributed by atoms with Crippen LogP contribution in [0, 0.1) is 5.92 Å². The van der Waals surface area contributed by atoms with E-state index in [1.54, 1.807) is 0 Å². The summed E-state index contributed by atoms with van der Waals surface area (Å²) in [6, 6.07) is 8.02. The second-order valence-electron chi connectivity index (χ2n) is 5.29. The minimum Gasteiger partial charge on any atom is -0.461 e. The zero-order chi connectivity index (χ0) is 13.1. The van der Waals surface area contributed by atoms with Crippen molar-refractivity contribution in [1.29, 1.82) is 0 Å². The van der Waals surface area contributed by atoms with Crippen molar-refractivity contribution in [1.82, 2.24) is 5.32 Å². The van der Waals surface area contributed by atoms with Crippen molar-refractivity contribution >= 4 is 5.97 Å². The van der Waals surface area contributed by atoms with Gasteiger partial charge in [0.05, 0.1) is 0 Å². The lowest BCUT2D eigenvalue weighted by molar-refractivity contribution is -0.153. The Balaban J connectivity index is 1.98. The number of nitrogens with one attached hydrogen (secondary N) is 1. The van der Waals surface area contributed by atoms with E-state index in [9.17, 15) is 4.79 Å². The predicted molar refractivity (Wildman–Crippen MR) is 71.2 cm³/mol. The summed E-state index contributed by atoms with van der Waals surface area (Å²) in [6.07, 6.45) is 0.691. The molecule has 1 unspecified atom stereocenters. The molecule has 1 heterocycles. The Morgan fingerprint density at radius 3 is 2.61 bits per heavy atom. The fourth-order valence-corrected chi connectivity index (χ4v) is 2.02. The summed E-state index contributed by atoms with van der Waals surface area (Å²) in [5.41, 5.74) is 2.52. The topological polar surface area (TPSA) is 38.3 Å². The maximum absolute atomic E-state index is 12.0. The summed E-state index contributed by atoms with van der Waals surface area (Å²) < 4.78 is 5.46. The number of carbonyl (C=O) groups excluding carboxylic acids is 1. The molecule has 1 aliphatic rings. The van der Waals surface area contributed by atoms with Gasteiger partial charge in [0.1, 0.15) is 12.1 Å². The number of benzene rings is 1. The van der Waals surface area contributed by atoms with Crippen molar-refractivity contribution < 1.29 is 9.53 Å². The molecule has 1 N–H and O–H groups in total. The van der Waals surface area contributed by atoms with Gasteiger partial charge in [0.15, 0.2) is 0 Å². The van der Waals surface area contributed by atoms with Crippen molar-refractivity contribution in [3.05, 3.63) is 35.4 Å². The third kappa shape index (κ3) is 2.91. The van der Waals surface area contributed by atoms with Crippen molar-refractivity contribution in [2.45, 2.75) is 45.9 Å². The number of hydrogen-bond donors (Lipinski definition) is 1. The van der Waals surface area contributed by atoms with Gasteiger partial charge in [-0.15, -0.1) is 0 Å². The first-order valence-corrected chi connectivity index (χ1v) is 6.58. The fraction of sp³-hybridized carbons (Fsp3) is 0.533. The Morgan fingerprint density at radius 2 is 1.94 bits per heavy atom. The quantitative estimate of drug-likeness (QED) is 0.833. The standard InChI is InChI=1S/C15H21NO2/c1-10(2)11(3)18-15(17)14-8-12-6-4-5-7-13(12)9-16-14/h4-7,10-11,14,16H,8-9H2,1-3H3/t11?,14-/m0/s1. The van der Waals surface area contributed by atoms with Crippen LogP contribution in [0.15, 0.2) is 24.3 Å². The van der Waals surface area contributed by atoms with E-state index in [4.69, 9.17) is 4.74 Å². The van der Waals surface area contributed by atoms with Crippen LogP contribution in [0.3, 0.4) is 0 Å². The average molecular weight is 247 g/mol. The SMILES string of the molecule is CC(C)C(C)OC(=O)[C@@H]1Cc2ccccc2CN1. The van der Waals surface area contributed by atoms with Gasteiger partial charge < -0.3 is 10.1 Å². The Kier molecular flexibility index (Phi) is 4.02. The molecule has 0 amide bonds. The van der Waals surface area contributed by atoms with Crippen LogP contribution in [-0.2, 0) is 22.5 Å². The largest absolute Gasteiger partial charge is 0.461 e. The van der Waals surface area contributed by atoms with Gasteiger partial charge in [-0.2, -0.15) is 0 Å². The van der Waals surface area contributed by atoms with Crippen LogP contribution in [-0.4, -0.2) is 18.1 Å². The first-order valence-electron chi connectivity index (χ1n) is 6.58. The highest BCUT2D eigenvalue weighted by molar-refractivity contribution is 5.76. The molecule has 1 aromatic carbocycles. The summed E-state index contributed by atoms with van der Waals surface area (Å²) >= 11 is 0. The number of rotatable bonds is 3. The smallest absolute Gasteiger partial charge is 0.323 e. The van der Waals surface area contributed by atoms with Gasteiger partial charge in [-0.05, 0) is 30.4 Å². The summed E-state index contributed by atoms with van der Waals surface area (Å²) in [6.45, 7) is 6.80. The Morgan fingerprint density at radius 1 is 1.28 bits per heavy atom. The van der Waals surface area contributed by atoms with Crippen LogP contribution in [0.5, 0.6) is 0 Å². The van der Waals surface area contributed by atoms with Gasteiger partial charge in [0, 0.05) is 6.54 Å². The number of ether oxygens (including phenoxy) is 1. The molecule has 0 fully saturated rings. The molecule has 0 spiro atoms. The van der Waals surface area contributed by atoms with Gasteiger partial charge in [-0.3, -0.25) is 4.79 Å². The van der Waals surface area contributed by atoms with Crippen LogP contribution in [0.4, 0.5) is 0 Å². The minimum absolute atomic E-state index is 0.0310. The number of carbonyl (C=O) groups is 1. The monoisotopic (exact) mass is 247 g/mol. The van der Waals surface area contributed by atoms with Gasteiger partial charge in [-0.1, -0.05) is 38.1 Å². The maximum Gasteiger partial charge on any atom is 0.323 e. The first-order chi connectivity index (χ1) is 8.58. The van der Waals surface area contributed by atoms with E-state index in [0.717, 1.165) is 13.0 Å². The van der Waals surface area contributed by atoms with Crippen LogP contribution in [0.25, 0.3) is 0 Å². The van der Waals surface area contributed by atoms with Gasteiger partial charge in [0.2, 0.25) is 0 Å². The van der Waals surface area contributed by atoms with Crippen LogP contribution in [0.2, 0.25) is 0 Å². The summed E-state index contributed by atoms with van der Waals surface area (Å²) in [5.74, 6) is 0.218. The zero-order valence-corrected chi connectivity index (χ0v) is 11.3. The van der Waals surface area contributed by atoms with E-state index >= 15 is 0 Å². The van der Waals surface area contributed by atoms with E-state index in [-0.39, 0.29) is 18.1 Å². The molecule has 0 radical (unpaired) electrons. The summed E-state index contributed by atoms with van der Waals surface area (Å²) in [7, 11) is 0. The second-order valence-corrected chi connectivity index (χ2v) is 5.29. The lowest BCUT2D eigenvalue weighted by atomic mass is 9.96. The molecule has 0 saturated carbocycles. The lowest BCUT2D eigenvalue weighted by Gasteiger charge is -2.26. The molecule has 0 saturated heterocycles. The molecular formula is C15H21NO2. The van der Waals surface area contributed by atoms with Crippen LogP contribution in [0.1, 0.15) is 31.9 Å². The molecule has 18 heavy (non-hydrogen) atoms. The highest BCUT2D eigenvalue weighted by atomic mass is 16.5. The molecule has 2 rings (SSSR count). The molecule has 3 heteroatoms. The maximum atomic E-state index is 12.0. The normalized spacial score (nSPS) is 20.3. The predicted octanol–water partition coefficient (Wildman–Crippen LogP) is 2.29.